The number of hydrogen-bond acceptors (Lipinski definition) is 5. The molecule has 27 heavy (non-hydrogen) atoms. The summed E-state index contributed by atoms with van der Waals surface area (Å²) in [4.78, 5) is 15.5. The lowest BCUT2D eigenvalue weighted by atomic mass is 9.95. The number of ether oxygens (including phenoxy) is 1. The molecule has 0 aromatic carbocycles. The normalized spacial score (nSPS) is 24.9. The molecule has 0 saturated heterocycles. The molecule has 144 valence electrons. The highest BCUT2D eigenvalue weighted by molar-refractivity contribution is 5.83. The molecule has 2 aromatic heterocycles. The predicted molar refractivity (Wildman–Crippen MR) is 95.2 cm³/mol. The van der Waals surface area contributed by atoms with Crippen LogP contribution in [0.1, 0.15) is 45.1 Å². The van der Waals surface area contributed by atoms with Gasteiger partial charge in [-0.15, -0.1) is 0 Å². The Balaban J connectivity index is 1.43. The molecule has 2 aromatic rings. The number of nitrogens with zero attached hydrogens (tertiary/aromatic N) is 3. The van der Waals surface area contributed by atoms with Gasteiger partial charge in [0.15, 0.2) is 11.6 Å². The molecule has 6 nitrogen and oxygen atoms in total. The zero-order valence-electron chi connectivity index (χ0n) is 15.1. The maximum atomic E-state index is 12.5. The molecule has 0 bridgehead atoms. The summed E-state index contributed by atoms with van der Waals surface area (Å²) in [6, 6.07) is 3.42. The summed E-state index contributed by atoms with van der Waals surface area (Å²) in [6.07, 6.45) is 8.01. The predicted octanol–water partition coefficient (Wildman–Crippen LogP) is 3.84. The zero-order valence-corrected chi connectivity index (χ0v) is 15.1. The van der Waals surface area contributed by atoms with Crippen LogP contribution in [0.2, 0.25) is 0 Å². The number of fused-ring (bicyclic) bond motifs is 1. The molecule has 1 unspecified atom stereocenters. The quantitative estimate of drug-likeness (QED) is 0.794. The van der Waals surface area contributed by atoms with Crippen LogP contribution in [-0.2, 0) is 4.79 Å². The van der Waals surface area contributed by atoms with E-state index in [1.54, 1.807) is 0 Å². The summed E-state index contributed by atoms with van der Waals surface area (Å²) in [5.74, 6) is 0.753. The van der Waals surface area contributed by atoms with Gasteiger partial charge in [-0.1, -0.05) is 0 Å². The highest BCUT2D eigenvalue weighted by Gasteiger charge is 2.59. The van der Waals surface area contributed by atoms with E-state index in [9.17, 15) is 13.6 Å². The first kappa shape index (κ1) is 17.9. The van der Waals surface area contributed by atoms with Crippen LogP contribution in [0, 0.1) is 11.3 Å². The van der Waals surface area contributed by atoms with Gasteiger partial charge >= 0.3 is 6.61 Å². The van der Waals surface area contributed by atoms with Crippen molar-refractivity contribution in [2.24, 2.45) is 11.3 Å². The number of ketones is 1. The summed E-state index contributed by atoms with van der Waals surface area (Å²) in [5, 5.41) is 4.55. The van der Waals surface area contributed by atoms with Crippen LogP contribution in [0.5, 0.6) is 5.75 Å². The van der Waals surface area contributed by atoms with E-state index in [1.807, 2.05) is 16.9 Å². The van der Waals surface area contributed by atoms with Crippen LogP contribution in [-0.4, -0.2) is 27.2 Å². The summed E-state index contributed by atoms with van der Waals surface area (Å²) < 4.78 is 31.2. The Bertz CT molecular complexity index is 869. The van der Waals surface area contributed by atoms with Crippen molar-refractivity contribution in [1.82, 2.24) is 14.8 Å². The van der Waals surface area contributed by atoms with Gasteiger partial charge in [-0.3, -0.25) is 9.48 Å². The van der Waals surface area contributed by atoms with E-state index >= 15 is 0 Å². The number of aromatic nitrogens is 3. The molecule has 2 saturated carbocycles. The summed E-state index contributed by atoms with van der Waals surface area (Å²) in [5.41, 5.74) is 7.01. The number of rotatable bonds is 7. The fourth-order valence-electron chi connectivity index (χ4n) is 4.22. The fraction of sp³-hybridized carbons (Fsp3) is 0.526. The number of halogens is 2. The average Bonchev–Trinajstić information content (AvgIpc) is 2.97. The van der Waals surface area contributed by atoms with Crippen molar-refractivity contribution in [3.8, 4) is 17.0 Å². The number of anilines is 1. The molecule has 2 N–H and O–H groups in total. The minimum Gasteiger partial charge on any atom is -0.431 e. The zero-order chi connectivity index (χ0) is 19.2. The maximum Gasteiger partial charge on any atom is 0.387 e. The van der Waals surface area contributed by atoms with Crippen LogP contribution in [0.4, 0.5) is 14.6 Å². The van der Waals surface area contributed by atoms with Gasteiger partial charge in [0.05, 0.1) is 5.69 Å². The first-order valence-corrected chi connectivity index (χ1v) is 9.14. The van der Waals surface area contributed by atoms with E-state index < -0.39 is 6.61 Å². The van der Waals surface area contributed by atoms with E-state index in [0.717, 1.165) is 25.7 Å². The minimum atomic E-state index is -2.96. The first-order chi connectivity index (χ1) is 12.9. The highest BCUT2D eigenvalue weighted by Crippen LogP contribution is 2.65. The molecule has 0 aliphatic heterocycles. The number of alkyl halides is 2. The molecule has 3 atom stereocenters. The number of nitrogen functional groups attached to an aromatic ring is 1. The lowest BCUT2D eigenvalue weighted by molar-refractivity contribution is -0.118. The molecule has 2 heterocycles. The fourth-order valence-corrected chi connectivity index (χ4v) is 4.22. The lowest BCUT2D eigenvalue weighted by Gasteiger charge is -2.16. The van der Waals surface area contributed by atoms with Crippen molar-refractivity contribution in [3.63, 3.8) is 0 Å². The second kappa shape index (κ2) is 6.58. The second-order valence-electron chi connectivity index (χ2n) is 7.74. The van der Waals surface area contributed by atoms with E-state index in [-0.39, 0.29) is 23.0 Å². The van der Waals surface area contributed by atoms with Crippen LogP contribution < -0.4 is 10.5 Å². The number of nitrogens with two attached hydrogens (primary N) is 1. The topological polar surface area (TPSA) is 83.0 Å². The van der Waals surface area contributed by atoms with Gasteiger partial charge in [0.2, 0.25) is 0 Å². The molecule has 2 aliphatic carbocycles. The third-order valence-electron chi connectivity index (χ3n) is 5.90. The number of pyridine rings is 1. The molecule has 0 radical (unpaired) electrons. The van der Waals surface area contributed by atoms with Crippen LogP contribution in [0.3, 0.4) is 0 Å². The Morgan fingerprint density at radius 2 is 2.30 bits per heavy atom. The van der Waals surface area contributed by atoms with Gasteiger partial charge in [0.1, 0.15) is 5.78 Å². The van der Waals surface area contributed by atoms with Crippen molar-refractivity contribution in [2.45, 2.75) is 51.7 Å². The third kappa shape index (κ3) is 3.52. The van der Waals surface area contributed by atoms with Gasteiger partial charge in [0, 0.05) is 36.8 Å². The SMILES string of the molecule is CC(CC[C@]12CC(=O)C[C@H]1C2)n1ccc(-c2cnc(N)c(OC(F)F)c2)n1. The smallest absolute Gasteiger partial charge is 0.387 e. The monoisotopic (exact) mass is 376 g/mol. The summed E-state index contributed by atoms with van der Waals surface area (Å²) in [6.45, 7) is -0.872. The number of carbonyl (C=O) groups excluding carboxylic acids is 1. The molecule has 4 rings (SSSR count). The minimum absolute atomic E-state index is 0.0868. The molecule has 2 aliphatic rings. The van der Waals surface area contributed by atoms with Gasteiger partial charge in [-0.2, -0.15) is 13.9 Å². The Morgan fingerprint density at radius 3 is 3.00 bits per heavy atom. The van der Waals surface area contributed by atoms with E-state index in [0.29, 0.717) is 23.0 Å². The van der Waals surface area contributed by atoms with Gasteiger partial charge in [-0.25, -0.2) is 4.98 Å². The van der Waals surface area contributed by atoms with Crippen molar-refractivity contribution < 1.29 is 18.3 Å². The largest absolute Gasteiger partial charge is 0.431 e. The van der Waals surface area contributed by atoms with Crippen LogP contribution in [0.15, 0.2) is 24.5 Å². The molecule has 0 amide bonds. The summed E-state index contributed by atoms with van der Waals surface area (Å²) in [7, 11) is 0. The van der Waals surface area contributed by atoms with Crippen molar-refractivity contribution in [3.05, 3.63) is 24.5 Å². The van der Waals surface area contributed by atoms with E-state index in [2.05, 4.69) is 21.7 Å². The van der Waals surface area contributed by atoms with Crippen molar-refractivity contribution in [1.29, 1.82) is 0 Å². The first-order valence-electron chi connectivity index (χ1n) is 9.14. The maximum absolute atomic E-state index is 12.5. The Kier molecular flexibility index (Phi) is 4.36. The standard InChI is InChI=1S/C19H22F2N4O2/c1-11(2-4-19-8-13(19)7-14(26)9-19)25-5-3-15(24-25)12-6-16(27-18(20)21)17(22)23-10-12/h3,5-6,10-11,13,18H,2,4,7-9H2,1H3,(H2,22,23)/t11?,13-,19-/m0/s1. The highest BCUT2D eigenvalue weighted by atomic mass is 19.3. The van der Waals surface area contributed by atoms with Crippen molar-refractivity contribution >= 4 is 11.6 Å². The number of carbonyl (C=O) groups is 1. The molecule has 8 heteroatoms. The Labute approximate surface area is 155 Å². The summed E-state index contributed by atoms with van der Waals surface area (Å²) >= 11 is 0. The van der Waals surface area contributed by atoms with Crippen molar-refractivity contribution in [2.75, 3.05) is 5.73 Å². The van der Waals surface area contributed by atoms with E-state index in [1.165, 1.54) is 18.7 Å². The van der Waals surface area contributed by atoms with Crippen LogP contribution >= 0.6 is 0 Å². The van der Waals surface area contributed by atoms with E-state index in [4.69, 9.17) is 5.73 Å². The Morgan fingerprint density at radius 1 is 1.48 bits per heavy atom. The number of hydrogen-bond donors (Lipinski definition) is 1. The van der Waals surface area contributed by atoms with Gasteiger partial charge < -0.3 is 10.5 Å². The lowest BCUT2D eigenvalue weighted by Crippen LogP contribution is -2.10. The molecule has 2 fully saturated rings. The van der Waals surface area contributed by atoms with Crippen LogP contribution in [0.25, 0.3) is 11.3 Å². The van der Waals surface area contributed by atoms with Gasteiger partial charge in [0.25, 0.3) is 0 Å². The second-order valence-corrected chi connectivity index (χ2v) is 7.74. The number of Topliss-reactive ketones (excluding diaryl/α,β-unsaturated/α-hetero) is 1. The molecular formula is C19H22F2N4O2. The molecule has 0 spiro atoms. The average molecular weight is 376 g/mol. The third-order valence-corrected chi connectivity index (χ3v) is 5.90. The van der Waals surface area contributed by atoms with Gasteiger partial charge in [-0.05, 0) is 49.7 Å². The molecular weight excluding hydrogens is 354 g/mol. The Hall–Kier alpha value is -2.51.